The highest BCUT2D eigenvalue weighted by atomic mass is 32.1. The van der Waals surface area contributed by atoms with Gasteiger partial charge in [0.25, 0.3) is 0 Å². The number of nitrogens with one attached hydrogen (secondary N) is 1. The Morgan fingerprint density at radius 2 is 2.12 bits per heavy atom. The van der Waals surface area contributed by atoms with Gasteiger partial charge in [-0.1, -0.05) is 12.1 Å². The van der Waals surface area contributed by atoms with E-state index in [9.17, 15) is 0 Å². The first-order chi connectivity index (χ1) is 12.7. The summed E-state index contributed by atoms with van der Waals surface area (Å²) in [6.07, 6.45) is 3.71. The molecule has 0 atom stereocenters. The van der Waals surface area contributed by atoms with E-state index in [2.05, 4.69) is 56.9 Å². The molecular weight excluding hydrogens is 344 g/mol. The van der Waals surface area contributed by atoms with Crippen molar-refractivity contribution in [2.75, 3.05) is 13.6 Å². The molecule has 0 radical (unpaired) electrons. The number of thiazole rings is 1. The van der Waals surface area contributed by atoms with Crippen LogP contribution >= 0.6 is 11.3 Å². The van der Waals surface area contributed by atoms with Crippen LogP contribution in [0.3, 0.4) is 0 Å². The van der Waals surface area contributed by atoms with Crippen LogP contribution in [0.2, 0.25) is 0 Å². The largest absolute Gasteiger partial charge is 0.357 e. The Kier molecular flexibility index (Phi) is 6.01. The number of nitrogens with zero attached hydrogens (tertiary/aromatic N) is 5. The highest BCUT2D eigenvalue weighted by Gasteiger charge is 2.08. The van der Waals surface area contributed by atoms with Gasteiger partial charge in [0.15, 0.2) is 5.96 Å². The average molecular weight is 369 g/mol. The standard InChI is InChI=1S/C19H24N6S/c1-4-20-19(24(3)13-17-14-26-15(2)23-17)21-12-16-6-8-18(9-7-16)25-11-5-10-22-25/h5-11,14H,4,12-13H2,1-3H3,(H,20,21). The molecule has 136 valence electrons. The third kappa shape index (κ3) is 4.70. The summed E-state index contributed by atoms with van der Waals surface area (Å²) in [6, 6.07) is 10.2. The van der Waals surface area contributed by atoms with Gasteiger partial charge < -0.3 is 10.2 Å². The lowest BCUT2D eigenvalue weighted by Crippen LogP contribution is -2.38. The molecule has 0 aliphatic heterocycles. The first-order valence-corrected chi connectivity index (χ1v) is 9.53. The maximum absolute atomic E-state index is 4.76. The minimum Gasteiger partial charge on any atom is -0.357 e. The Labute approximate surface area is 158 Å². The molecule has 1 aromatic carbocycles. The number of benzene rings is 1. The van der Waals surface area contributed by atoms with Crippen LogP contribution in [0.15, 0.2) is 53.1 Å². The van der Waals surface area contributed by atoms with Crippen molar-refractivity contribution in [3.8, 4) is 5.69 Å². The van der Waals surface area contributed by atoms with Crippen molar-refractivity contribution < 1.29 is 0 Å². The minimum atomic E-state index is 0.627. The molecule has 0 amide bonds. The second-order valence-corrected chi connectivity index (χ2v) is 7.06. The smallest absolute Gasteiger partial charge is 0.194 e. The minimum absolute atomic E-state index is 0.627. The molecule has 26 heavy (non-hydrogen) atoms. The normalized spacial score (nSPS) is 11.6. The highest BCUT2D eigenvalue weighted by Crippen LogP contribution is 2.11. The van der Waals surface area contributed by atoms with E-state index in [0.717, 1.165) is 41.0 Å². The van der Waals surface area contributed by atoms with E-state index in [4.69, 9.17) is 4.99 Å². The van der Waals surface area contributed by atoms with Crippen molar-refractivity contribution in [1.29, 1.82) is 0 Å². The SMILES string of the molecule is CCNC(=NCc1ccc(-n2cccn2)cc1)N(C)Cc1csc(C)n1. The van der Waals surface area contributed by atoms with Gasteiger partial charge in [-0.3, -0.25) is 0 Å². The number of rotatable bonds is 6. The summed E-state index contributed by atoms with van der Waals surface area (Å²) >= 11 is 1.68. The lowest BCUT2D eigenvalue weighted by molar-refractivity contribution is 0.471. The number of hydrogen-bond acceptors (Lipinski definition) is 4. The summed E-state index contributed by atoms with van der Waals surface area (Å²) in [6.45, 7) is 6.31. The zero-order valence-electron chi connectivity index (χ0n) is 15.4. The molecule has 0 spiro atoms. The topological polar surface area (TPSA) is 58.3 Å². The number of aliphatic imine (C=N–C) groups is 1. The molecule has 0 bridgehead atoms. The van der Waals surface area contributed by atoms with E-state index in [1.54, 1.807) is 17.5 Å². The molecule has 2 aromatic heterocycles. The molecule has 2 heterocycles. The van der Waals surface area contributed by atoms with Crippen LogP contribution in [-0.4, -0.2) is 39.2 Å². The van der Waals surface area contributed by atoms with Crippen molar-refractivity contribution in [2.24, 2.45) is 4.99 Å². The molecule has 0 aliphatic carbocycles. The van der Waals surface area contributed by atoms with Gasteiger partial charge in [0.2, 0.25) is 0 Å². The van der Waals surface area contributed by atoms with Crippen molar-refractivity contribution in [1.82, 2.24) is 25.0 Å². The van der Waals surface area contributed by atoms with Gasteiger partial charge in [0, 0.05) is 31.4 Å². The Balaban J connectivity index is 1.66. The van der Waals surface area contributed by atoms with Crippen LogP contribution in [0.25, 0.3) is 5.69 Å². The number of aryl methyl sites for hydroxylation is 1. The van der Waals surface area contributed by atoms with Crippen LogP contribution in [0, 0.1) is 6.92 Å². The summed E-state index contributed by atoms with van der Waals surface area (Å²) in [4.78, 5) is 11.4. The molecule has 0 saturated carbocycles. The predicted molar refractivity (Wildman–Crippen MR) is 107 cm³/mol. The summed E-state index contributed by atoms with van der Waals surface area (Å²) in [5.41, 5.74) is 3.28. The van der Waals surface area contributed by atoms with E-state index in [0.29, 0.717) is 6.54 Å². The van der Waals surface area contributed by atoms with E-state index >= 15 is 0 Å². The van der Waals surface area contributed by atoms with Gasteiger partial charge in [-0.05, 0) is 37.6 Å². The Hall–Kier alpha value is -2.67. The van der Waals surface area contributed by atoms with Gasteiger partial charge in [-0.15, -0.1) is 11.3 Å². The van der Waals surface area contributed by atoms with Crippen LogP contribution < -0.4 is 5.32 Å². The van der Waals surface area contributed by atoms with Gasteiger partial charge in [-0.25, -0.2) is 14.7 Å². The first kappa shape index (κ1) is 18.1. The predicted octanol–water partition coefficient (Wildman–Crippen LogP) is 3.23. The highest BCUT2D eigenvalue weighted by molar-refractivity contribution is 7.09. The summed E-state index contributed by atoms with van der Waals surface area (Å²) in [5.74, 6) is 0.884. The maximum Gasteiger partial charge on any atom is 0.194 e. The fourth-order valence-corrected chi connectivity index (χ4v) is 3.21. The van der Waals surface area contributed by atoms with Crippen molar-refractivity contribution in [3.05, 3.63) is 64.4 Å². The lowest BCUT2D eigenvalue weighted by atomic mass is 10.2. The van der Waals surface area contributed by atoms with Crippen LogP contribution in [0.1, 0.15) is 23.2 Å². The van der Waals surface area contributed by atoms with Gasteiger partial charge in [0.1, 0.15) is 0 Å². The van der Waals surface area contributed by atoms with Gasteiger partial charge in [0.05, 0.1) is 29.5 Å². The molecule has 0 saturated heterocycles. The second-order valence-electron chi connectivity index (χ2n) is 6.00. The lowest BCUT2D eigenvalue weighted by Gasteiger charge is -2.21. The third-order valence-corrected chi connectivity index (χ3v) is 4.70. The van der Waals surface area contributed by atoms with Crippen molar-refractivity contribution in [3.63, 3.8) is 0 Å². The zero-order chi connectivity index (χ0) is 18.4. The van der Waals surface area contributed by atoms with E-state index < -0.39 is 0 Å². The average Bonchev–Trinajstić information content (AvgIpc) is 3.31. The summed E-state index contributed by atoms with van der Waals surface area (Å²) in [5, 5.41) is 10.8. The van der Waals surface area contributed by atoms with E-state index in [-0.39, 0.29) is 0 Å². The van der Waals surface area contributed by atoms with Gasteiger partial charge >= 0.3 is 0 Å². The first-order valence-electron chi connectivity index (χ1n) is 8.65. The number of aromatic nitrogens is 3. The second kappa shape index (κ2) is 8.62. The van der Waals surface area contributed by atoms with E-state index in [1.165, 1.54) is 0 Å². The Bertz CT molecular complexity index is 835. The summed E-state index contributed by atoms with van der Waals surface area (Å²) in [7, 11) is 2.04. The van der Waals surface area contributed by atoms with Crippen LogP contribution in [0.5, 0.6) is 0 Å². The monoisotopic (exact) mass is 368 g/mol. The Morgan fingerprint density at radius 3 is 2.73 bits per heavy atom. The summed E-state index contributed by atoms with van der Waals surface area (Å²) < 4.78 is 1.85. The molecular formula is C19H24N6S. The fourth-order valence-electron chi connectivity index (χ4n) is 2.61. The van der Waals surface area contributed by atoms with E-state index in [1.807, 2.05) is 30.9 Å². The van der Waals surface area contributed by atoms with Crippen LogP contribution in [-0.2, 0) is 13.1 Å². The third-order valence-electron chi connectivity index (χ3n) is 3.88. The molecule has 6 nitrogen and oxygen atoms in total. The number of hydrogen-bond donors (Lipinski definition) is 1. The molecule has 7 heteroatoms. The van der Waals surface area contributed by atoms with Crippen LogP contribution in [0.4, 0.5) is 0 Å². The molecule has 3 aromatic rings. The fraction of sp³-hybridized carbons (Fsp3) is 0.316. The molecule has 0 fully saturated rings. The molecule has 3 rings (SSSR count). The zero-order valence-corrected chi connectivity index (χ0v) is 16.2. The van der Waals surface area contributed by atoms with Gasteiger partial charge in [-0.2, -0.15) is 5.10 Å². The number of guanidine groups is 1. The molecule has 1 N–H and O–H groups in total. The van der Waals surface area contributed by atoms with Crippen molar-refractivity contribution in [2.45, 2.75) is 26.9 Å². The quantitative estimate of drug-likeness (QED) is 0.536. The van der Waals surface area contributed by atoms with Crippen molar-refractivity contribution >= 4 is 17.3 Å². The Morgan fingerprint density at radius 1 is 1.31 bits per heavy atom. The molecule has 0 unspecified atom stereocenters. The maximum atomic E-state index is 4.76. The molecule has 0 aliphatic rings.